The van der Waals surface area contributed by atoms with Crippen LogP contribution in [0, 0.1) is 0 Å². The predicted octanol–water partition coefficient (Wildman–Crippen LogP) is 2.17. The van der Waals surface area contributed by atoms with E-state index < -0.39 is 0 Å². The normalized spacial score (nSPS) is 18.4. The number of ether oxygens (including phenoxy) is 1. The number of hydrogen-bond donors (Lipinski definition) is 1. The van der Waals surface area contributed by atoms with Gasteiger partial charge in [0.15, 0.2) is 5.58 Å². The first kappa shape index (κ1) is 9.66. The Kier molecular flexibility index (Phi) is 1.94. The second-order valence-electron chi connectivity index (χ2n) is 4.35. The van der Waals surface area contributed by atoms with E-state index in [9.17, 15) is 0 Å². The molecule has 1 aliphatic rings. The zero-order valence-electron chi connectivity index (χ0n) is 9.19. The van der Waals surface area contributed by atoms with E-state index in [4.69, 9.17) is 14.9 Å². The van der Waals surface area contributed by atoms with Crippen LogP contribution in [-0.2, 0) is 5.54 Å². The minimum absolute atomic E-state index is 0.221. The molecule has 4 nitrogen and oxygen atoms in total. The van der Waals surface area contributed by atoms with Gasteiger partial charge in [0.2, 0.25) is 0 Å². The molecular formula is C12H14N2O2. The van der Waals surface area contributed by atoms with Gasteiger partial charge in [0.05, 0.1) is 7.11 Å². The Labute approximate surface area is 93.4 Å². The minimum atomic E-state index is -0.221. The van der Waals surface area contributed by atoms with Gasteiger partial charge < -0.3 is 14.9 Å². The average molecular weight is 218 g/mol. The summed E-state index contributed by atoms with van der Waals surface area (Å²) in [7, 11) is 1.55. The molecule has 0 amide bonds. The maximum Gasteiger partial charge on any atom is 0.394 e. The zero-order valence-corrected chi connectivity index (χ0v) is 9.19. The first-order valence-corrected chi connectivity index (χ1v) is 5.46. The van der Waals surface area contributed by atoms with Crippen LogP contribution in [0.5, 0.6) is 6.08 Å². The highest BCUT2D eigenvalue weighted by molar-refractivity contribution is 5.78. The molecule has 0 radical (unpaired) electrons. The molecule has 84 valence electrons. The molecule has 2 N–H and O–H groups in total. The van der Waals surface area contributed by atoms with Crippen LogP contribution >= 0.6 is 0 Å². The third kappa shape index (κ3) is 1.23. The molecule has 0 bridgehead atoms. The van der Waals surface area contributed by atoms with Crippen molar-refractivity contribution in [1.82, 2.24) is 4.98 Å². The Bertz CT molecular complexity index is 529. The van der Waals surface area contributed by atoms with Gasteiger partial charge in [0, 0.05) is 11.1 Å². The number of benzene rings is 1. The molecule has 3 rings (SSSR count). The van der Waals surface area contributed by atoms with Crippen molar-refractivity contribution in [2.45, 2.75) is 24.8 Å². The number of oxazole rings is 1. The fourth-order valence-corrected chi connectivity index (χ4v) is 2.24. The third-order valence-electron chi connectivity index (χ3n) is 3.36. The van der Waals surface area contributed by atoms with Crippen molar-refractivity contribution >= 4 is 11.1 Å². The fraction of sp³-hybridized carbons (Fsp3) is 0.417. The summed E-state index contributed by atoms with van der Waals surface area (Å²) in [5, 5.41) is 0. The molecule has 1 heterocycles. The van der Waals surface area contributed by atoms with E-state index >= 15 is 0 Å². The lowest BCUT2D eigenvalue weighted by Gasteiger charge is -2.38. The Morgan fingerprint density at radius 1 is 1.44 bits per heavy atom. The molecular weight excluding hydrogens is 204 g/mol. The Morgan fingerprint density at radius 3 is 2.88 bits per heavy atom. The molecule has 1 fully saturated rings. The van der Waals surface area contributed by atoms with Crippen molar-refractivity contribution in [2.24, 2.45) is 5.73 Å². The lowest BCUT2D eigenvalue weighted by Crippen LogP contribution is -2.43. The van der Waals surface area contributed by atoms with E-state index in [-0.39, 0.29) is 5.54 Å². The topological polar surface area (TPSA) is 61.3 Å². The van der Waals surface area contributed by atoms with Crippen molar-refractivity contribution in [3.8, 4) is 6.08 Å². The molecule has 0 aliphatic heterocycles. The average Bonchev–Trinajstić information content (AvgIpc) is 2.68. The van der Waals surface area contributed by atoms with E-state index in [2.05, 4.69) is 4.98 Å². The highest BCUT2D eigenvalue weighted by Gasteiger charge is 2.36. The maximum absolute atomic E-state index is 6.32. The highest BCUT2D eigenvalue weighted by Crippen LogP contribution is 2.41. The van der Waals surface area contributed by atoms with Gasteiger partial charge in [-0.1, -0.05) is 12.1 Å². The number of nitrogens with zero attached hydrogens (tertiary/aromatic N) is 1. The second-order valence-corrected chi connectivity index (χ2v) is 4.35. The Hall–Kier alpha value is -1.55. The summed E-state index contributed by atoms with van der Waals surface area (Å²) in [6, 6.07) is 5.87. The number of nitrogens with two attached hydrogens (primary N) is 1. The van der Waals surface area contributed by atoms with Crippen LogP contribution in [0.3, 0.4) is 0 Å². The Morgan fingerprint density at radius 2 is 2.25 bits per heavy atom. The Balaban J connectivity index is 2.20. The summed E-state index contributed by atoms with van der Waals surface area (Å²) >= 11 is 0. The van der Waals surface area contributed by atoms with E-state index in [1.807, 2.05) is 18.2 Å². The summed E-state index contributed by atoms with van der Waals surface area (Å²) < 4.78 is 10.4. The van der Waals surface area contributed by atoms with E-state index in [0.29, 0.717) is 6.08 Å². The van der Waals surface area contributed by atoms with Gasteiger partial charge in [-0.2, -0.15) is 4.98 Å². The molecule has 0 atom stereocenters. The van der Waals surface area contributed by atoms with Crippen LogP contribution in [0.15, 0.2) is 22.6 Å². The number of methoxy groups -OCH3 is 1. The van der Waals surface area contributed by atoms with Gasteiger partial charge in [-0.15, -0.1) is 0 Å². The van der Waals surface area contributed by atoms with Crippen molar-refractivity contribution in [2.75, 3.05) is 7.11 Å². The molecule has 16 heavy (non-hydrogen) atoms. The number of hydrogen-bond acceptors (Lipinski definition) is 4. The molecule has 2 aromatic rings. The fourth-order valence-electron chi connectivity index (χ4n) is 2.24. The number of aromatic nitrogens is 1. The minimum Gasteiger partial charge on any atom is -0.453 e. The van der Waals surface area contributed by atoms with Gasteiger partial charge in [0.25, 0.3) is 0 Å². The lowest BCUT2D eigenvalue weighted by atomic mass is 9.72. The molecule has 4 heteroatoms. The molecule has 1 saturated carbocycles. The van der Waals surface area contributed by atoms with Crippen molar-refractivity contribution in [3.63, 3.8) is 0 Å². The summed E-state index contributed by atoms with van der Waals surface area (Å²) in [4.78, 5) is 4.31. The summed E-state index contributed by atoms with van der Waals surface area (Å²) in [5.41, 5.74) is 8.75. The van der Waals surface area contributed by atoms with Crippen molar-refractivity contribution < 1.29 is 9.15 Å². The van der Waals surface area contributed by atoms with E-state index in [0.717, 1.165) is 29.5 Å². The van der Waals surface area contributed by atoms with Crippen molar-refractivity contribution in [3.05, 3.63) is 23.8 Å². The van der Waals surface area contributed by atoms with Gasteiger partial charge in [0.1, 0.15) is 5.52 Å². The quantitative estimate of drug-likeness (QED) is 0.839. The summed E-state index contributed by atoms with van der Waals surface area (Å²) in [5.74, 6) is 0. The maximum atomic E-state index is 6.32. The van der Waals surface area contributed by atoms with Crippen LogP contribution < -0.4 is 10.5 Å². The van der Waals surface area contributed by atoms with E-state index in [1.165, 1.54) is 6.42 Å². The predicted molar refractivity (Wildman–Crippen MR) is 60.3 cm³/mol. The largest absolute Gasteiger partial charge is 0.453 e. The summed E-state index contributed by atoms with van der Waals surface area (Å²) in [6.45, 7) is 0. The number of para-hydroxylation sites is 1. The van der Waals surface area contributed by atoms with Gasteiger partial charge in [-0.05, 0) is 25.3 Å². The standard InChI is InChI=1S/C12H14N2O2/c1-15-11-14-10-8(12(13)6-3-7-12)4-2-5-9(10)16-11/h2,4-5H,3,6-7,13H2,1H3. The highest BCUT2D eigenvalue weighted by atomic mass is 16.6. The summed E-state index contributed by atoms with van der Waals surface area (Å²) in [6.07, 6.45) is 3.51. The van der Waals surface area contributed by atoms with Crippen LogP contribution in [0.25, 0.3) is 11.1 Å². The third-order valence-corrected chi connectivity index (χ3v) is 3.36. The van der Waals surface area contributed by atoms with Crippen LogP contribution in [0.2, 0.25) is 0 Å². The van der Waals surface area contributed by atoms with Gasteiger partial charge in [-0.25, -0.2) is 0 Å². The van der Waals surface area contributed by atoms with Crippen LogP contribution in [0.4, 0.5) is 0 Å². The van der Waals surface area contributed by atoms with Gasteiger partial charge >= 0.3 is 6.08 Å². The lowest BCUT2D eigenvalue weighted by molar-refractivity contribution is 0.255. The molecule has 1 aromatic heterocycles. The molecule has 0 unspecified atom stereocenters. The molecule has 1 aromatic carbocycles. The van der Waals surface area contributed by atoms with Crippen molar-refractivity contribution in [1.29, 1.82) is 0 Å². The first-order chi connectivity index (χ1) is 7.73. The molecule has 0 spiro atoms. The first-order valence-electron chi connectivity index (χ1n) is 5.46. The van der Waals surface area contributed by atoms with E-state index in [1.54, 1.807) is 7.11 Å². The molecule has 0 saturated heterocycles. The van der Waals surface area contributed by atoms with Crippen LogP contribution in [0.1, 0.15) is 24.8 Å². The SMILES string of the molecule is COc1nc2c(C3(N)CCC3)cccc2o1. The second kappa shape index (κ2) is 3.22. The number of rotatable bonds is 2. The molecule has 1 aliphatic carbocycles. The number of fused-ring (bicyclic) bond motifs is 1. The monoisotopic (exact) mass is 218 g/mol. The van der Waals surface area contributed by atoms with Crippen LogP contribution in [-0.4, -0.2) is 12.1 Å². The zero-order chi connectivity index (χ0) is 11.2. The smallest absolute Gasteiger partial charge is 0.394 e. The van der Waals surface area contributed by atoms with Gasteiger partial charge in [-0.3, -0.25) is 0 Å².